The van der Waals surface area contributed by atoms with Gasteiger partial charge in [-0.3, -0.25) is 4.79 Å². The third-order valence-corrected chi connectivity index (χ3v) is 4.82. The van der Waals surface area contributed by atoms with Gasteiger partial charge in [0.25, 0.3) is 0 Å². The second-order valence-electron chi connectivity index (χ2n) is 7.50. The van der Waals surface area contributed by atoms with Gasteiger partial charge < -0.3 is 15.0 Å². The van der Waals surface area contributed by atoms with Gasteiger partial charge in [0.05, 0.1) is 5.54 Å². The Morgan fingerprint density at radius 2 is 1.95 bits per heavy atom. The highest BCUT2D eigenvalue weighted by atomic mass is 16.5. The largest absolute Gasteiger partial charge is 0.491 e. The number of carbonyl (C=O) groups is 1. The summed E-state index contributed by atoms with van der Waals surface area (Å²) < 4.78 is 5.89. The van der Waals surface area contributed by atoms with Crippen molar-refractivity contribution in [3.8, 4) is 5.75 Å². The SMILES string of the molecule is Cc1ccccc1OCC(C)(C)NC(=O)[C@H]1[C@@H]2CN(C)C[C@@H]21. The summed E-state index contributed by atoms with van der Waals surface area (Å²) in [6, 6.07) is 7.96. The van der Waals surface area contributed by atoms with Crippen molar-refractivity contribution in [1.82, 2.24) is 10.2 Å². The maximum Gasteiger partial charge on any atom is 0.224 e. The van der Waals surface area contributed by atoms with Gasteiger partial charge in [-0.2, -0.15) is 0 Å². The van der Waals surface area contributed by atoms with E-state index in [1.807, 2.05) is 45.0 Å². The number of para-hydroxylation sites is 1. The van der Waals surface area contributed by atoms with Gasteiger partial charge in [0.2, 0.25) is 5.91 Å². The van der Waals surface area contributed by atoms with E-state index in [-0.39, 0.29) is 17.4 Å². The molecule has 0 spiro atoms. The van der Waals surface area contributed by atoms with Gasteiger partial charge in [0.1, 0.15) is 12.4 Å². The zero-order valence-electron chi connectivity index (χ0n) is 13.9. The average Bonchev–Trinajstić information content (AvgIpc) is 2.96. The molecule has 1 aliphatic carbocycles. The number of ether oxygens (including phenoxy) is 1. The molecule has 1 amide bonds. The molecule has 2 fully saturated rings. The fraction of sp³-hybridized carbons (Fsp3) is 0.611. The van der Waals surface area contributed by atoms with E-state index in [2.05, 4.69) is 17.3 Å². The van der Waals surface area contributed by atoms with Gasteiger partial charge >= 0.3 is 0 Å². The summed E-state index contributed by atoms with van der Waals surface area (Å²) in [6.07, 6.45) is 0. The lowest BCUT2D eigenvalue weighted by Crippen LogP contribution is -2.49. The van der Waals surface area contributed by atoms with Crippen LogP contribution in [-0.2, 0) is 4.79 Å². The molecule has 3 atom stereocenters. The second kappa shape index (κ2) is 5.58. The first-order chi connectivity index (χ1) is 10.4. The van der Waals surface area contributed by atoms with E-state index in [4.69, 9.17) is 4.74 Å². The van der Waals surface area contributed by atoms with Crippen LogP contribution < -0.4 is 10.1 Å². The van der Waals surface area contributed by atoms with Gasteiger partial charge in [-0.05, 0) is 51.3 Å². The Morgan fingerprint density at radius 1 is 1.32 bits per heavy atom. The minimum absolute atomic E-state index is 0.196. The van der Waals surface area contributed by atoms with Crippen LogP contribution in [0.5, 0.6) is 5.75 Å². The van der Waals surface area contributed by atoms with Crippen LogP contribution in [0.15, 0.2) is 24.3 Å². The Bertz CT molecular complexity index is 558. The molecule has 1 heterocycles. The highest BCUT2D eigenvalue weighted by Crippen LogP contribution is 2.51. The van der Waals surface area contributed by atoms with Crippen LogP contribution in [0.25, 0.3) is 0 Å². The van der Waals surface area contributed by atoms with Crippen LogP contribution in [0.3, 0.4) is 0 Å². The van der Waals surface area contributed by atoms with Crippen LogP contribution in [-0.4, -0.2) is 43.1 Å². The standard InChI is InChI=1S/C18H26N2O2/c1-12-7-5-6-8-15(12)22-11-18(2,3)19-17(21)16-13-9-20(4)10-14(13)16/h5-8,13-14,16H,9-11H2,1-4H3,(H,19,21)/t13-,14+,16+. The second-order valence-corrected chi connectivity index (χ2v) is 7.50. The van der Waals surface area contributed by atoms with E-state index in [9.17, 15) is 4.79 Å². The van der Waals surface area contributed by atoms with Crippen LogP contribution in [0.2, 0.25) is 0 Å². The number of likely N-dealkylation sites (tertiary alicyclic amines) is 1. The first-order valence-corrected chi connectivity index (χ1v) is 8.06. The molecule has 1 aromatic carbocycles. The number of aryl methyl sites for hydroxylation is 1. The molecular formula is C18H26N2O2. The minimum Gasteiger partial charge on any atom is -0.491 e. The van der Waals surface area contributed by atoms with E-state index in [0.29, 0.717) is 18.4 Å². The summed E-state index contributed by atoms with van der Waals surface area (Å²) in [6.45, 7) is 8.67. The summed E-state index contributed by atoms with van der Waals surface area (Å²) in [5, 5.41) is 3.17. The van der Waals surface area contributed by atoms with Crippen LogP contribution in [0.1, 0.15) is 19.4 Å². The quantitative estimate of drug-likeness (QED) is 0.905. The van der Waals surface area contributed by atoms with Gasteiger partial charge in [0.15, 0.2) is 0 Å². The zero-order valence-corrected chi connectivity index (χ0v) is 13.9. The number of benzene rings is 1. The molecule has 120 valence electrons. The number of hydrogen-bond acceptors (Lipinski definition) is 3. The van der Waals surface area contributed by atoms with E-state index >= 15 is 0 Å². The van der Waals surface area contributed by atoms with Crippen molar-refractivity contribution in [3.63, 3.8) is 0 Å². The summed E-state index contributed by atoms with van der Waals surface area (Å²) in [4.78, 5) is 14.7. The normalized spacial score (nSPS) is 27.4. The molecule has 0 bridgehead atoms. The lowest BCUT2D eigenvalue weighted by molar-refractivity contribution is -0.125. The molecule has 0 unspecified atom stereocenters. The fourth-order valence-electron chi connectivity index (χ4n) is 3.56. The summed E-state index contributed by atoms with van der Waals surface area (Å²) in [5.74, 6) is 2.43. The third kappa shape index (κ3) is 3.12. The first kappa shape index (κ1) is 15.3. The van der Waals surface area contributed by atoms with Crippen molar-refractivity contribution < 1.29 is 9.53 Å². The number of fused-ring (bicyclic) bond motifs is 1. The van der Waals surface area contributed by atoms with Crippen molar-refractivity contribution in [2.75, 3.05) is 26.7 Å². The first-order valence-electron chi connectivity index (χ1n) is 8.06. The molecule has 1 N–H and O–H groups in total. The van der Waals surface area contributed by atoms with Crippen LogP contribution >= 0.6 is 0 Å². The summed E-state index contributed by atoms with van der Waals surface area (Å²) in [5.41, 5.74) is 0.756. The van der Waals surface area contributed by atoms with Crippen LogP contribution in [0.4, 0.5) is 0 Å². The highest BCUT2D eigenvalue weighted by Gasteiger charge is 2.58. The topological polar surface area (TPSA) is 41.6 Å². The van der Waals surface area contributed by atoms with E-state index in [0.717, 1.165) is 24.4 Å². The maximum atomic E-state index is 12.4. The molecule has 1 saturated heterocycles. The minimum atomic E-state index is -0.359. The van der Waals surface area contributed by atoms with Crippen molar-refractivity contribution in [1.29, 1.82) is 0 Å². The maximum absolute atomic E-state index is 12.4. The fourth-order valence-corrected chi connectivity index (χ4v) is 3.56. The van der Waals surface area contributed by atoms with E-state index in [1.165, 1.54) is 0 Å². The molecular weight excluding hydrogens is 276 g/mol. The van der Waals surface area contributed by atoms with Crippen molar-refractivity contribution in [3.05, 3.63) is 29.8 Å². The number of amides is 1. The number of nitrogens with zero attached hydrogens (tertiary/aromatic N) is 1. The molecule has 0 radical (unpaired) electrons. The van der Waals surface area contributed by atoms with Gasteiger partial charge in [0, 0.05) is 19.0 Å². The Labute approximate surface area is 132 Å². The zero-order chi connectivity index (χ0) is 15.9. The predicted octanol–water partition coefficient (Wildman–Crippen LogP) is 2.08. The molecule has 4 nitrogen and oxygen atoms in total. The predicted molar refractivity (Wildman–Crippen MR) is 86.9 cm³/mol. The molecule has 22 heavy (non-hydrogen) atoms. The van der Waals surface area contributed by atoms with Gasteiger partial charge in [-0.15, -0.1) is 0 Å². The Hall–Kier alpha value is -1.55. The molecule has 1 aliphatic heterocycles. The summed E-state index contributed by atoms with van der Waals surface area (Å²) in [7, 11) is 2.13. The smallest absolute Gasteiger partial charge is 0.224 e. The lowest BCUT2D eigenvalue weighted by atomic mass is 10.1. The molecule has 1 aromatic rings. The van der Waals surface area contributed by atoms with Crippen molar-refractivity contribution in [2.24, 2.45) is 17.8 Å². The number of hydrogen-bond donors (Lipinski definition) is 1. The Kier molecular flexibility index (Phi) is 3.89. The van der Waals surface area contributed by atoms with Crippen LogP contribution in [0, 0.1) is 24.7 Å². The number of nitrogens with one attached hydrogen (secondary N) is 1. The van der Waals surface area contributed by atoms with Crippen molar-refractivity contribution in [2.45, 2.75) is 26.3 Å². The molecule has 1 saturated carbocycles. The van der Waals surface area contributed by atoms with E-state index < -0.39 is 0 Å². The third-order valence-electron chi connectivity index (χ3n) is 4.82. The van der Waals surface area contributed by atoms with Gasteiger partial charge in [-0.25, -0.2) is 0 Å². The monoisotopic (exact) mass is 302 g/mol. The number of rotatable bonds is 5. The Morgan fingerprint density at radius 3 is 2.59 bits per heavy atom. The molecule has 3 rings (SSSR count). The number of piperidine rings is 1. The molecule has 2 aliphatic rings. The van der Waals surface area contributed by atoms with Crippen molar-refractivity contribution >= 4 is 5.91 Å². The van der Waals surface area contributed by atoms with E-state index in [1.54, 1.807) is 0 Å². The lowest BCUT2D eigenvalue weighted by Gasteiger charge is -2.27. The number of carbonyl (C=O) groups excluding carboxylic acids is 1. The summed E-state index contributed by atoms with van der Waals surface area (Å²) >= 11 is 0. The van der Waals surface area contributed by atoms with Gasteiger partial charge in [-0.1, -0.05) is 18.2 Å². The molecule has 4 heteroatoms. The molecule has 0 aromatic heterocycles. The average molecular weight is 302 g/mol. The Balaban J connectivity index is 1.51. The highest BCUT2D eigenvalue weighted by molar-refractivity contribution is 5.83.